The Labute approximate surface area is 157 Å². The number of hydrogen-bond acceptors (Lipinski definition) is 7. The molecule has 6 unspecified atom stereocenters. The number of hydrogen-bond donors (Lipinski definition) is 7. The Morgan fingerprint density at radius 2 is 1.19 bits per heavy atom. The van der Waals surface area contributed by atoms with Crippen molar-refractivity contribution in [3.63, 3.8) is 0 Å². The first-order chi connectivity index (χ1) is 12.3. The van der Waals surface area contributed by atoms with Gasteiger partial charge in [-0.3, -0.25) is 14.4 Å². The molecule has 6 atom stereocenters. The van der Waals surface area contributed by atoms with Crippen LogP contribution in [0.15, 0.2) is 0 Å². The van der Waals surface area contributed by atoms with Gasteiger partial charge in [-0.15, -0.1) is 0 Å². The maximum Gasteiger partial charge on any atom is 0.328 e. The lowest BCUT2D eigenvalue weighted by atomic mass is 10.0. The number of carboxylic acids is 1. The van der Waals surface area contributed by atoms with Crippen LogP contribution >= 0.6 is 0 Å². The molecule has 0 bridgehead atoms. The van der Waals surface area contributed by atoms with E-state index in [1.54, 1.807) is 13.8 Å². The Morgan fingerprint density at radius 3 is 1.56 bits per heavy atom. The first-order valence-corrected chi connectivity index (χ1v) is 8.55. The second-order valence-electron chi connectivity index (χ2n) is 6.79. The zero-order valence-electron chi connectivity index (χ0n) is 16.1. The van der Waals surface area contributed by atoms with Crippen LogP contribution in [0.1, 0.15) is 34.6 Å². The van der Waals surface area contributed by atoms with Gasteiger partial charge in [-0.25, -0.2) is 4.79 Å². The van der Waals surface area contributed by atoms with Crippen molar-refractivity contribution >= 4 is 23.7 Å². The quantitative estimate of drug-likeness (QED) is 0.209. The average Bonchev–Trinajstić information content (AvgIpc) is 2.54. The smallest absolute Gasteiger partial charge is 0.328 e. The summed E-state index contributed by atoms with van der Waals surface area (Å²) in [5, 5.41) is 34.8. The molecule has 0 aliphatic heterocycles. The number of nitrogens with two attached hydrogens (primary N) is 1. The Kier molecular flexibility index (Phi) is 9.90. The molecule has 0 aromatic carbocycles. The molecular weight excluding hydrogens is 360 g/mol. The molecule has 0 fully saturated rings. The summed E-state index contributed by atoms with van der Waals surface area (Å²) in [4.78, 5) is 47.4. The number of aliphatic hydroxyl groups is 2. The molecule has 0 saturated carbocycles. The second kappa shape index (κ2) is 10.8. The molecule has 11 nitrogen and oxygen atoms in total. The number of rotatable bonds is 10. The summed E-state index contributed by atoms with van der Waals surface area (Å²) < 4.78 is 0. The highest BCUT2D eigenvalue weighted by Crippen LogP contribution is 2.02. The van der Waals surface area contributed by atoms with Crippen LogP contribution in [0, 0.1) is 5.92 Å². The topological polar surface area (TPSA) is 191 Å². The number of carbonyl (C=O) groups excluding carboxylic acids is 3. The van der Waals surface area contributed by atoms with Crippen molar-refractivity contribution in [2.24, 2.45) is 11.7 Å². The van der Waals surface area contributed by atoms with Gasteiger partial charge in [0, 0.05) is 0 Å². The zero-order valence-corrected chi connectivity index (χ0v) is 16.1. The van der Waals surface area contributed by atoms with Gasteiger partial charge >= 0.3 is 5.97 Å². The molecular formula is C16H30N4O7. The van der Waals surface area contributed by atoms with E-state index in [2.05, 4.69) is 16.0 Å². The van der Waals surface area contributed by atoms with Gasteiger partial charge in [-0.2, -0.15) is 0 Å². The van der Waals surface area contributed by atoms with Crippen LogP contribution in [0.4, 0.5) is 0 Å². The van der Waals surface area contributed by atoms with Crippen molar-refractivity contribution in [2.75, 3.05) is 0 Å². The van der Waals surface area contributed by atoms with E-state index in [0.717, 1.165) is 0 Å². The Bertz CT molecular complexity index is 551. The van der Waals surface area contributed by atoms with Crippen molar-refractivity contribution in [2.45, 2.75) is 71.0 Å². The summed E-state index contributed by atoms with van der Waals surface area (Å²) >= 11 is 0. The van der Waals surface area contributed by atoms with Crippen molar-refractivity contribution in [3.8, 4) is 0 Å². The SMILES string of the molecule is CC(NC(=O)C(NC(=O)C(N)C(C)C)C(C)O)C(=O)NC(C(=O)O)C(C)O. The van der Waals surface area contributed by atoms with E-state index in [-0.39, 0.29) is 5.92 Å². The lowest BCUT2D eigenvalue weighted by Crippen LogP contribution is -2.60. The number of aliphatic carboxylic acids is 1. The highest BCUT2D eigenvalue weighted by molar-refractivity contribution is 5.94. The maximum absolute atomic E-state index is 12.3. The van der Waals surface area contributed by atoms with Crippen molar-refractivity contribution in [1.29, 1.82) is 0 Å². The van der Waals surface area contributed by atoms with Gasteiger partial charge in [-0.05, 0) is 26.7 Å². The summed E-state index contributed by atoms with van der Waals surface area (Å²) in [6.45, 7) is 7.20. The minimum atomic E-state index is -1.55. The Morgan fingerprint density at radius 1 is 0.741 bits per heavy atom. The molecule has 8 N–H and O–H groups in total. The Hall–Kier alpha value is -2.24. The number of aliphatic hydroxyl groups excluding tert-OH is 2. The van der Waals surface area contributed by atoms with Gasteiger partial charge in [0.05, 0.1) is 18.2 Å². The van der Waals surface area contributed by atoms with E-state index in [0.29, 0.717) is 0 Å². The number of carbonyl (C=O) groups is 4. The van der Waals surface area contributed by atoms with Gasteiger partial charge < -0.3 is 37.0 Å². The van der Waals surface area contributed by atoms with Crippen LogP contribution in [0.3, 0.4) is 0 Å². The molecule has 3 amide bonds. The third-order valence-corrected chi connectivity index (χ3v) is 3.88. The molecule has 0 heterocycles. The lowest BCUT2D eigenvalue weighted by Gasteiger charge is -2.26. The average molecular weight is 390 g/mol. The predicted molar refractivity (Wildman–Crippen MR) is 95.3 cm³/mol. The van der Waals surface area contributed by atoms with E-state index < -0.39 is 60.1 Å². The molecule has 0 aliphatic carbocycles. The van der Waals surface area contributed by atoms with Crippen LogP contribution in [-0.2, 0) is 19.2 Å². The van der Waals surface area contributed by atoms with E-state index in [4.69, 9.17) is 10.8 Å². The van der Waals surface area contributed by atoms with Gasteiger partial charge in [-0.1, -0.05) is 13.8 Å². The summed E-state index contributed by atoms with van der Waals surface area (Å²) in [5.41, 5.74) is 5.70. The van der Waals surface area contributed by atoms with Gasteiger partial charge in [0.15, 0.2) is 6.04 Å². The van der Waals surface area contributed by atoms with Crippen molar-refractivity contribution in [1.82, 2.24) is 16.0 Å². The van der Waals surface area contributed by atoms with Crippen LogP contribution in [0.5, 0.6) is 0 Å². The fourth-order valence-corrected chi connectivity index (χ4v) is 1.99. The van der Waals surface area contributed by atoms with Crippen molar-refractivity contribution in [3.05, 3.63) is 0 Å². The first-order valence-electron chi connectivity index (χ1n) is 8.55. The van der Waals surface area contributed by atoms with Crippen molar-refractivity contribution < 1.29 is 34.5 Å². The zero-order chi connectivity index (χ0) is 21.5. The van der Waals surface area contributed by atoms with E-state index >= 15 is 0 Å². The predicted octanol–water partition coefficient (Wildman–Crippen LogP) is -2.71. The highest BCUT2D eigenvalue weighted by atomic mass is 16.4. The number of carboxylic acid groups (broad SMARTS) is 1. The van der Waals surface area contributed by atoms with Crippen LogP contribution in [-0.4, -0.2) is 75.4 Å². The standard InChI is InChI=1S/C16H30N4O7/c1-6(2)10(17)14(24)19-11(8(4)21)15(25)18-7(3)13(23)20-12(9(5)22)16(26)27/h6-12,21-22H,17H2,1-5H3,(H,18,25)(H,19,24)(H,20,23)(H,26,27). The van der Waals surface area contributed by atoms with Gasteiger partial charge in [0.1, 0.15) is 12.1 Å². The van der Waals surface area contributed by atoms with E-state index in [1.807, 2.05) is 0 Å². The normalized spacial score (nSPS) is 17.8. The molecule has 0 saturated heterocycles. The minimum Gasteiger partial charge on any atom is -0.480 e. The molecule has 0 aliphatic rings. The second-order valence-corrected chi connectivity index (χ2v) is 6.79. The largest absolute Gasteiger partial charge is 0.480 e. The summed E-state index contributed by atoms with van der Waals surface area (Å²) in [6, 6.07) is -4.98. The van der Waals surface area contributed by atoms with Gasteiger partial charge in [0.2, 0.25) is 17.7 Å². The third-order valence-electron chi connectivity index (χ3n) is 3.88. The highest BCUT2D eigenvalue weighted by Gasteiger charge is 2.32. The third kappa shape index (κ3) is 7.89. The lowest BCUT2D eigenvalue weighted by molar-refractivity contribution is -0.145. The summed E-state index contributed by atoms with van der Waals surface area (Å²) in [5.74, 6) is -3.97. The van der Waals surface area contributed by atoms with Crippen LogP contribution in [0.2, 0.25) is 0 Å². The molecule has 0 aromatic heterocycles. The molecule has 0 radical (unpaired) electrons. The van der Waals surface area contributed by atoms with Crippen LogP contribution in [0.25, 0.3) is 0 Å². The van der Waals surface area contributed by atoms with E-state index in [9.17, 15) is 29.4 Å². The fourth-order valence-electron chi connectivity index (χ4n) is 1.99. The fraction of sp³-hybridized carbons (Fsp3) is 0.750. The summed E-state index contributed by atoms with van der Waals surface area (Å²) in [6.07, 6.45) is -2.62. The first kappa shape index (κ1) is 24.8. The summed E-state index contributed by atoms with van der Waals surface area (Å²) in [7, 11) is 0. The minimum absolute atomic E-state index is 0.194. The molecule has 0 rings (SSSR count). The molecule has 11 heteroatoms. The molecule has 27 heavy (non-hydrogen) atoms. The Balaban J connectivity index is 5.00. The molecule has 0 aromatic rings. The molecule has 0 spiro atoms. The number of amides is 3. The molecule has 156 valence electrons. The maximum atomic E-state index is 12.3. The van der Waals surface area contributed by atoms with Crippen LogP contribution < -0.4 is 21.7 Å². The number of nitrogens with one attached hydrogen (secondary N) is 3. The monoisotopic (exact) mass is 390 g/mol. The van der Waals surface area contributed by atoms with E-state index in [1.165, 1.54) is 20.8 Å². The van der Waals surface area contributed by atoms with Gasteiger partial charge in [0.25, 0.3) is 0 Å².